The molecule has 1 N–H and O–H groups in total. The summed E-state index contributed by atoms with van der Waals surface area (Å²) in [5, 5.41) is 18.8. The van der Waals surface area contributed by atoms with E-state index in [1.165, 1.54) is 6.07 Å². The van der Waals surface area contributed by atoms with Crippen molar-refractivity contribution in [2.45, 2.75) is 71.6 Å². The smallest absolute Gasteiger partial charge is 0.410 e. The van der Waals surface area contributed by atoms with Gasteiger partial charge in [0.25, 0.3) is 0 Å². The van der Waals surface area contributed by atoms with E-state index in [2.05, 4.69) is 15.1 Å². The second-order valence-electron chi connectivity index (χ2n) is 12.6. The lowest BCUT2D eigenvalue weighted by Gasteiger charge is -2.33. The van der Waals surface area contributed by atoms with Crippen LogP contribution in [-0.4, -0.2) is 94.0 Å². The van der Waals surface area contributed by atoms with Crippen molar-refractivity contribution >= 4 is 35.8 Å². The van der Waals surface area contributed by atoms with Gasteiger partial charge in [-0.15, -0.1) is 0 Å². The van der Waals surface area contributed by atoms with Gasteiger partial charge in [-0.2, -0.15) is 15.0 Å². The van der Waals surface area contributed by atoms with E-state index in [1.807, 2.05) is 40.0 Å². The number of piperazine rings is 1. The number of likely N-dealkylation sites (N-methyl/N-ethyl adjacent to an activating group) is 1. The van der Waals surface area contributed by atoms with Crippen LogP contribution in [0.15, 0.2) is 29.9 Å². The minimum Gasteiger partial charge on any atom is -0.442 e. The van der Waals surface area contributed by atoms with Crippen LogP contribution < -0.4 is 0 Å². The fourth-order valence-electron chi connectivity index (χ4n) is 5.52. The second kappa shape index (κ2) is 15.5. The molecule has 1 aromatic heterocycles. The molecule has 1 saturated carbocycles. The van der Waals surface area contributed by atoms with E-state index in [9.17, 15) is 23.9 Å². The number of ether oxygens (including phenoxy) is 1. The first-order chi connectivity index (χ1) is 21.1. The number of carbonyl (C=O) groups is 3. The maximum Gasteiger partial charge on any atom is 0.410 e. The van der Waals surface area contributed by atoms with E-state index in [-0.39, 0.29) is 23.8 Å². The van der Waals surface area contributed by atoms with Gasteiger partial charge in [0.2, 0.25) is 0 Å². The second-order valence-corrected chi connectivity index (χ2v) is 12.6. The third kappa shape index (κ3) is 9.28. The quantitative estimate of drug-likeness (QED) is 0.231. The Kier molecular flexibility index (Phi) is 11.8. The van der Waals surface area contributed by atoms with Gasteiger partial charge in [-0.05, 0) is 81.2 Å². The molecule has 1 aliphatic carbocycles. The van der Waals surface area contributed by atoms with Crippen LogP contribution in [0.5, 0.6) is 0 Å². The van der Waals surface area contributed by atoms with Crippen LogP contribution in [0.4, 0.5) is 9.18 Å². The maximum absolute atomic E-state index is 14.9. The number of allylic oxidation sites excluding steroid dienone is 2. The van der Waals surface area contributed by atoms with E-state index in [0.29, 0.717) is 55.8 Å². The number of hydrogen-bond acceptors (Lipinski definition) is 8. The van der Waals surface area contributed by atoms with E-state index in [0.717, 1.165) is 37.8 Å². The van der Waals surface area contributed by atoms with Crippen molar-refractivity contribution in [1.29, 1.82) is 0 Å². The molecule has 10 nitrogen and oxygen atoms in total. The van der Waals surface area contributed by atoms with Gasteiger partial charge in [0.15, 0.2) is 5.82 Å². The third-order valence-electron chi connectivity index (χ3n) is 8.74. The number of aliphatic hydroxyl groups is 1. The highest BCUT2D eigenvalue weighted by Gasteiger charge is 2.27. The predicted octanol–water partition coefficient (Wildman–Crippen LogP) is 4.51. The molecule has 240 valence electrons. The SMILES string of the molecule is C/C(=C\c1cc(F)c2nn(CC3CC3)nc2c1)[C@@H](C=O)[C@@H](C)/C=C/[C@H](OC(=O)N1CCN(C)CC1)[C@@H](C)CC[C@@H](O)CC=O. The highest BCUT2D eigenvalue weighted by molar-refractivity contribution is 5.78. The first-order valence-corrected chi connectivity index (χ1v) is 15.7. The van der Waals surface area contributed by atoms with Crippen LogP contribution in [0.2, 0.25) is 0 Å². The molecule has 1 aliphatic heterocycles. The first kappa shape index (κ1) is 33.5. The molecule has 44 heavy (non-hydrogen) atoms. The summed E-state index contributed by atoms with van der Waals surface area (Å²) >= 11 is 0. The van der Waals surface area contributed by atoms with Crippen molar-refractivity contribution in [3.8, 4) is 0 Å². The summed E-state index contributed by atoms with van der Waals surface area (Å²) in [6, 6.07) is 3.20. The van der Waals surface area contributed by atoms with Crippen molar-refractivity contribution in [2.75, 3.05) is 33.2 Å². The Bertz CT molecular complexity index is 1350. The van der Waals surface area contributed by atoms with E-state index < -0.39 is 30.0 Å². The van der Waals surface area contributed by atoms with Crippen LogP contribution in [-0.2, 0) is 20.9 Å². The fraction of sp³-hybridized carbons (Fsp3) is 0.606. The number of rotatable bonds is 15. The Morgan fingerprint density at radius 1 is 1.11 bits per heavy atom. The number of hydrogen-bond donors (Lipinski definition) is 1. The summed E-state index contributed by atoms with van der Waals surface area (Å²) in [6.07, 6.45) is 8.67. The molecule has 1 saturated heterocycles. The molecule has 2 aromatic rings. The van der Waals surface area contributed by atoms with Crippen LogP contribution in [0.25, 0.3) is 17.1 Å². The van der Waals surface area contributed by atoms with Gasteiger partial charge >= 0.3 is 6.09 Å². The summed E-state index contributed by atoms with van der Waals surface area (Å²) < 4.78 is 20.9. The van der Waals surface area contributed by atoms with Gasteiger partial charge in [-0.3, -0.25) is 0 Å². The molecule has 2 heterocycles. The summed E-state index contributed by atoms with van der Waals surface area (Å²) in [4.78, 5) is 41.5. The topological polar surface area (TPSA) is 118 Å². The maximum atomic E-state index is 14.9. The lowest BCUT2D eigenvalue weighted by Crippen LogP contribution is -2.48. The number of aldehydes is 2. The number of aliphatic hydroxyl groups excluding tert-OH is 1. The summed E-state index contributed by atoms with van der Waals surface area (Å²) in [7, 11) is 2.01. The Morgan fingerprint density at radius 2 is 1.84 bits per heavy atom. The van der Waals surface area contributed by atoms with Crippen LogP contribution in [0.1, 0.15) is 58.4 Å². The summed E-state index contributed by atoms with van der Waals surface area (Å²) in [6.45, 7) is 9.09. The predicted molar refractivity (Wildman–Crippen MR) is 166 cm³/mol. The molecule has 0 unspecified atom stereocenters. The molecular formula is C33H46FN5O5. The normalized spacial score (nSPS) is 20.0. The van der Waals surface area contributed by atoms with E-state index in [4.69, 9.17) is 4.74 Å². The van der Waals surface area contributed by atoms with Crippen molar-refractivity contribution in [2.24, 2.45) is 23.7 Å². The lowest BCUT2D eigenvalue weighted by molar-refractivity contribution is -0.111. The van der Waals surface area contributed by atoms with Gasteiger partial charge in [-0.25, -0.2) is 9.18 Å². The Balaban J connectivity index is 1.47. The fourth-order valence-corrected chi connectivity index (χ4v) is 5.52. The minimum absolute atomic E-state index is 0.0632. The Labute approximate surface area is 258 Å². The zero-order valence-corrected chi connectivity index (χ0v) is 26.3. The van der Waals surface area contributed by atoms with Crippen molar-refractivity contribution < 1.29 is 28.6 Å². The average Bonchev–Trinajstić information content (AvgIpc) is 3.70. The van der Waals surface area contributed by atoms with Crippen LogP contribution in [0.3, 0.4) is 0 Å². The zero-order valence-electron chi connectivity index (χ0n) is 26.3. The first-order valence-electron chi connectivity index (χ1n) is 15.7. The molecule has 0 radical (unpaired) electrons. The monoisotopic (exact) mass is 611 g/mol. The van der Waals surface area contributed by atoms with Gasteiger partial charge in [0.1, 0.15) is 29.7 Å². The molecule has 1 amide bonds. The number of nitrogens with zero attached hydrogens (tertiary/aromatic N) is 5. The molecule has 0 spiro atoms. The number of aromatic nitrogens is 3. The zero-order chi connectivity index (χ0) is 31.8. The summed E-state index contributed by atoms with van der Waals surface area (Å²) in [5.41, 5.74) is 2.10. The van der Waals surface area contributed by atoms with Gasteiger partial charge < -0.3 is 29.2 Å². The molecule has 0 bridgehead atoms. The molecule has 5 atom stereocenters. The molecule has 1 aromatic carbocycles. The molecule has 4 rings (SSSR count). The molecular weight excluding hydrogens is 565 g/mol. The van der Waals surface area contributed by atoms with Crippen molar-refractivity contribution in [1.82, 2.24) is 24.8 Å². The standard InChI is InChI=1S/C33H46FN5O5/c1-22(6-10-31(23(2)5-9-27(42)11-16-40)44-33(43)38-14-12-37(4)13-15-38)28(21-41)24(3)17-26-18-29(34)32-30(19-26)35-39(36-32)20-25-7-8-25/h6,10,16-19,21-23,25,27-28,31,42H,5,7-9,11-15,20H2,1-4H3/b10-6+,24-17+/t22-,23-,27+,28-,31-/m0/s1. The van der Waals surface area contributed by atoms with Crippen molar-refractivity contribution in [3.63, 3.8) is 0 Å². The Morgan fingerprint density at radius 3 is 2.50 bits per heavy atom. The van der Waals surface area contributed by atoms with Crippen LogP contribution in [0, 0.1) is 29.5 Å². The highest BCUT2D eigenvalue weighted by Crippen LogP contribution is 2.31. The number of fused-ring (bicyclic) bond motifs is 1. The molecule has 2 fully saturated rings. The lowest BCUT2D eigenvalue weighted by atomic mass is 9.86. The van der Waals surface area contributed by atoms with E-state index >= 15 is 0 Å². The largest absolute Gasteiger partial charge is 0.442 e. The van der Waals surface area contributed by atoms with Crippen molar-refractivity contribution in [3.05, 3.63) is 41.2 Å². The average molecular weight is 612 g/mol. The number of amides is 1. The Hall–Kier alpha value is -3.44. The van der Waals surface area contributed by atoms with E-state index in [1.54, 1.807) is 21.8 Å². The van der Waals surface area contributed by atoms with Crippen LogP contribution >= 0.6 is 0 Å². The van der Waals surface area contributed by atoms with Gasteiger partial charge in [-0.1, -0.05) is 31.6 Å². The number of benzene rings is 1. The highest BCUT2D eigenvalue weighted by atomic mass is 19.1. The number of carbonyl (C=O) groups excluding carboxylic acids is 3. The molecule has 11 heteroatoms. The van der Waals surface area contributed by atoms with Gasteiger partial charge in [0, 0.05) is 38.5 Å². The van der Waals surface area contributed by atoms with Gasteiger partial charge in [0.05, 0.1) is 12.6 Å². The summed E-state index contributed by atoms with van der Waals surface area (Å²) in [5.74, 6) is -0.748. The third-order valence-corrected chi connectivity index (χ3v) is 8.74. The number of halogens is 1. The minimum atomic E-state index is -0.745. The molecule has 2 aliphatic rings.